The Balaban J connectivity index is 1.38. The number of ether oxygens (including phenoxy) is 3. The van der Waals surface area contributed by atoms with Gasteiger partial charge in [-0.3, -0.25) is 14.4 Å². The molecule has 2 aromatic rings. The highest BCUT2D eigenvalue weighted by atomic mass is 16.6. The van der Waals surface area contributed by atoms with Gasteiger partial charge in [0.25, 0.3) is 0 Å². The van der Waals surface area contributed by atoms with Crippen LogP contribution in [-0.4, -0.2) is 48.6 Å². The molecule has 30 heavy (non-hydrogen) atoms. The Kier molecular flexibility index (Phi) is 5.24. The number of carbonyl (C=O) groups is 3. The maximum Gasteiger partial charge on any atom is 0.311 e. The SMILES string of the molecule is Cc1cc(C(=O)COC(=O)[C@@H]2CC(=O)N(c3ccc4c(c3)OCCO4)C2)c(C)n1C. The predicted molar refractivity (Wildman–Crippen MR) is 108 cm³/mol. The molecule has 0 aliphatic carbocycles. The number of aryl methyl sites for hydroxylation is 1. The Labute approximate surface area is 174 Å². The third-order valence-electron chi connectivity index (χ3n) is 5.72. The summed E-state index contributed by atoms with van der Waals surface area (Å²) in [7, 11) is 1.88. The molecule has 0 N–H and O–H groups in total. The largest absolute Gasteiger partial charge is 0.486 e. The average molecular weight is 412 g/mol. The van der Waals surface area contributed by atoms with Crippen LogP contribution in [0.15, 0.2) is 24.3 Å². The van der Waals surface area contributed by atoms with Crippen LogP contribution >= 0.6 is 0 Å². The first-order chi connectivity index (χ1) is 14.3. The van der Waals surface area contributed by atoms with Gasteiger partial charge in [0.15, 0.2) is 18.1 Å². The summed E-state index contributed by atoms with van der Waals surface area (Å²) in [6.45, 7) is 4.57. The van der Waals surface area contributed by atoms with Gasteiger partial charge >= 0.3 is 5.97 Å². The first kappa shape index (κ1) is 20.0. The summed E-state index contributed by atoms with van der Waals surface area (Å²) in [6, 6.07) is 7.05. The molecule has 2 aliphatic heterocycles. The van der Waals surface area contributed by atoms with Crippen LogP contribution in [0.4, 0.5) is 5.69 Å². The van der Waals surface area contributed by atoms with Crippen molar-refractivity contribution in [2.75, 3.05) is 31.3 Å². The van der Waals surface area contributed by atoms with Crippen molar-refractivity contribution < 1.29 is 28.6 Å². The van der Waals surface area contributed by atoms with E-state index in [0.717, 1.165) is 11.4 Å². The molecule has 1 aromatic heterocycles. The van der Waals surface area contributed by atoms with Crippen molar-refractivity contribution in [1.29, 1.82) is 0 Å². The van der Waals surface area contributed by atoms with E-state index in [4.69, 9.17) is 14.2 Å². The lowest BCUT2D eigenvalue weighted by Crippen LogP contribution is -2.27. The zero-order valence-electron chi connectivity index (χ0n) is 17.3. The lowest BCUT2D eigenvalue weighted by molar-refractivity contribution is -0.147. The summed E-state index contributed by atoms with van der Waals surface area (Å²) in [5.41, 5.74) is 2.97. The third kappa shape index (κ3) is 3.65. The van der Waals surface area contributed by atoms with Crippen LogP contribution in [0.2, 0.25) is 0 Å². The number of Topliss-reactive ketones (excluding diaryl/α,β-unsaturated/α-hetero) is 1. The first-order valence-electron chi connectivity index (χ1n) is 9.88. The minimum absolute atomic E-state index is 0.0466. The van der Waals surface area contributed by atoms with Gasteiger partial charge in [-0.2, -0.15) is 0 Å². The van der Waals surface area contributed by atoms with E-state index in [2.05, 4.69) is 0 Å². The summed E-state index contributed by atoms with van der Waals surface area (Å²) in [4.78, 5) is 39.0. The van der Waals surface area contributed by atoms with Crippen molar-refractivity contribution in [2.24, 2.45) is 13.0 Å². The molecule has 2 aliphatic rings. The molecule has 4 rings (SSSR count). The molecule has 0 spiro atoms. The van der Waals surface area contributed by atoms with E-state index >= 15 is 0 Å². The molecule has 0 unspecified atom stereocenters. The van der Waals surface area contributed by atoms with Crippen molar-refractivity contribution in [3.8, 4) is 11.5 Å². The highest BCUT2D eigenvalue weighted by molar-refractivity contribution is 6.01. The van der Waals surface area contributed by atoms with E-state index in [-0.39, 0.29) is 31.3 Å². The highest BCUT2D eigenvalue weighted by Gasteiger charge is 2.37. The Morgan fingerprint density at radius 2 is 1.87 bits per heavy atom. The predicted octanol–water partition coefficient (Wildman–Crippen LogP) is 2.19. The molecule has 0 radical (unpaired) electrons. The van der Waals surface area contributed by atoms with E-state index in [1.165, 1.54) is 4.90 Å². The number of benzene rings is 1. The molecule has 3 heterocycles. The highest BCUT2D eigenvalue weighted by Crippen LogP contribution is 2.36. The van der Waals surface area contributed by atoms with Crippen molar-refractivity contribution in [3.63, 3.8) is 0 Å². The normalized spacial score (nSPS) is 17.9. The molecular formula is C22H24N2O6. The average Bonchev–Trinajstić information content (AvgIpc) is 3.26. The summed E-state index contributed by atoms with van der Waals surface area (Å²) in [5, 5.41) is 0. The minimum atomic E-state index is -0.614. The summed E-state index contributed by atoms with van der Waals surface area (Å²) in [6.07, 6.45) is 0.0466. The topological polar surface area (TPSA) is 87.1 Å². The fourth-order valence-electron chi connectivity index (χ4n) is 3.78. The third-order valence-corrected chi connectivity index (χ3v) is 5.72. The molecule has 0 bridgehead atoms. The van der Waals surface area contributed by atoms with Crippen LogP contribution in [0.5, 0.6) is 11.5 Å². The Morgan fingerprint density at radius 3 is 2.57 bits per heavy atom. The number of esters is 1. The molecule has 1 saturated heterocycles. The van der Waals surface area contributed by atoms with Crippen LogP contribution in [0.3, 0.4) is 0 Å². The zero-order valence-corrected chi connectivity index (χ0v) is 17.3. The monoisotopic (exact) mass is 412 g/mol. The van der Waals surface area contributed by atoms with Crippen LogP contribution in [-0.2, 0) is 21.4 Å². The van der Waals surface area contributed by atoms with Gasteiger partial charge < -0.3 is 23.7 Å². The van der Waals surface area contributed by atoms with Crippen molar-refractivity contribution >= 4 is 23.3 Å². The lowest BCUT2D eigenvalue weighted by Gasteiger charge is -2.22. The van der Waals surface area contributed by atoms with Crippen LogP contribution in [0.25, 0.3) is 0 Å². The number of aromatic nitrogens is 1. The second-order valence-electron chi connectivity index (χ2n) is 7.61. The van der Waals surface area contributed by atoms with Crippen LogP contribution in [0, 0.1) is 19.8 Å². The second-order valence-corrected chi connectivity index (χ2v) is 7.61. The number of ketones is 1. The Bertz CT molecular complexity index is 1020. The number of rotatable bonds is 5. The maximum absolute atomic E-state index is 12.5. The number of amides is 1. The summed E-state index contributed by atoms with van der Waals surface area (Å²) < 4.78 is 18.2. The number of fused-ring (bicyclic) bond motifs is 1. The van der Waals surface area contributed by atoms with Crippen molar-refractivity contribution in [3.05, 3.63) is 41.2 Å². The zero-order chi connectivity index (χ0) is 21.4. The smallest absolute Gasteiger partial charge is 0.311 e. The number of hydrogen-bond acceptors (Lipinski definition) is 6. The standard InChI is InChI=1S/C22H24N2O6/c1-13-8-17(14(2)23(13)3)18(25)12-30-22(27)15-9-21(26)24(11-15)16-4-5-19-20(10-16)29-7-6-28-19/h4-5,8,10,15H,6-7,9,11-12H2,1-3H3/t15-/m1/s1. The fraction of sp³-hybridized carbons (Fsp3) is 0.409. The molecule has 158 valence electrons. The van der Waals surface area contributed by atoms with Gasteiger partial charge in [-0.1, -0.05) is 0 Å². The minimum Gasteiger partial charge on any atom is -0.486 e. The van der Waals surface area contributed by atoms with Crippen molar-refractivity contribution in [1.82, 2.24) is 4.57 Å². The fourth-order valence-corrected chi connectivity index (χ4v) is 3.78. The first-order valence-corrected chi connectivity index (χ1v) is 9.88. The van der Waals surface area contributed by atoms with E-state index < -0.39 is 11.9 Å². The number of anilines is 1. The van der Waals surface area contributed by atoms with Crippen LogP contribution < -0.4 is 14.4 Å². The molecule has 1 fully saturated rings. The van der Waals surface area contributed by atoms with Gasteiger partial charge in [-0.05, 0) is 32.0 Å². The van der Waals surface area contributed by atoms with Gasteiger partial charge in [0.2, 0.25) is 11.7 Å². The lowest BCUT2D eigenvalue weighted by atomic mass is 10.1. The maximum atomic E-state index is 12.5. The Morgan fingerprint density at radius 1 is 1.13 bits per heavy atom. The number of carbonyl (C=O) groups excluding carboxylic acids is 3. The molecule has 0 saturated carbocycles. The molecule has 8 nitrogen and oxygen atoms in total. The molecule has 1 aromatic carbocycles. The van der Waals surface area contributed by atoms with E-state index in [9.17, 15) is 14.4 Å². The molecular weight excluding hydrogens is 388 g/mol. The van der Waals surface area contributed by atoms with Gasteiger partial charge in [-0.15, -0.1) is 0 Å². The quantitative estimate of drug-likeness (QED) is 0.553. The summed E-state index contributed by atoms with van der Waals surface area (Å²) in [5.74, 6) is -0.361. The summed E-state index contributed by atoms with van der Waals surface area (Å²) >= 11 is 0. The molecule has 1 amide bonds. The molecule has 1 atom stereocenters. The van der Waals surface area contributed by atoms with Crippen LogP contribution in [0.1, 0.15) is 28.2 Å². The van der Waals surface area contributed by atoms with Gasteiger partial charge in [0, 0.05) is 48.7 Å². The molecule has 8 heteroatoms. The second kappa shape index (κ2) is 7.85. The number of nitrogens with zero attached hydrogens (tertiary/aromatic N) is 2. The Hall–Kier alpha value is -3.29. The van der Waals surface area contributed by atoms with Gasteiger partial charge in [-0.25, -0.2) is 0 Å². The van der Waals surface area contributed by atoms with E-state index in [1.807, 2.05) is 25.5 Å². The van der Waals surface area contributed by atoms with E-state index in [1.54, 1.807) is 24.3 Å². The van der Waals surface area contributed by atoms with Crippen molar-refractivity contribution in [2.45, 2.75) is 20.3 Å². The number of hydrogen-bond donors (Lipinski definition) is 0. The van der Waals surface area contributed by atoms with E-state index in [0.29, 0.717) is 36.0 Å². The van der Waals surface area contributed by atoms with Gasteiger partial charge in [0.1, 0.15) is 13.2 Å². The van der Waals surface area contributed by atoms with Gasteiger partial charge in [0.05, 0.1) is 5.92 Å².